The molecular formula is C28H30ClN3O4S. The summed E-state index contributed by atoms with van der Waals surface area (Å²) >= 11 is 1.43. The topological polar surface area (TPSA) is 72.0 Å². The van der Waals surface area contributed by atoms with Crippen molar-refractivity contribution in [1.29, 1.82) is 0 Å². The van der Waals surface area contributed by atoms with Gasteiger partial charge < -0.3 is 14.4 Å². The maximum Gasteiger partial charge on any atom is 0.260 e. The van der Waals surface area contributed by atoms with Gasteiger partial charge >= 0.3 is 0 Å². The highest BCUT2D eigenvalue weighted by Gasteiger charge is 2.22. The average Bonchev–Trinajstić information content (AvgIpc) is 3.32. The summed E-state index contributed by atoms with van der Waals surface area (Å²) in [5.74, 6) is 0.965. The zero-order chi connectivity index (χ0) is 25.7. The van der Waals surface area contributed by atoms with E-state index in [9.17, 15) is 9.59 Å². The van der Waals surface area contributed by atoms with Crippen LogP contribution in [0.25, 0.3) is 10.2 Å². The molecule has 0 aliphatic heterocycles. The number of hydrogen-bond acceptors (Lipinski definition) is 7. The van der Waals surface area contributed by atoms with E-state index in [4.69, 9.17) is 14.5 Å². The van der Waals surface area contributed by atoms with Crippen LogP contribution in [0, 0.1) is 0 Å². The molecule has 0 aliphatic rings. The van der Waals surface area contributed by atoms with Crippen LogP contribution in [0.2, 0.25) is 0 Å². The summed E-state index contributed by atoms with van der Waals surface area (Å²) in [5, 5.41) is 0.605. The Kier molecular flexibility index (Phi) is 9.63. The summed E-state index contributed by atoms with van der Waals surface area (Å²) in [6.45, 7) is 1.34. The van der Waals surface area contributed by atoms with Gasteiger partial charge in [0.2, 0.25) is 0 Å². The van der Waals surface area contributed by atoms with Crippen LogP contribution in [0.5, 0.6) is 11.5 Å². The van der Waals surface area contributed by atoms with Crippen LogP contribution < -0.4 is 14.4 Å². The molecule has 4 rings (SSSR count). The SMILES string of the molecule is COc1cc2nc(N(CCCN(C)C)C(=O)c3ccc(C(=O)c4ccccc4)cc3)sc2cc1OC.Cl. The van der Waals surface area contributed by atoms with Crippen molar-refractivity contribution in [2.24, 2.45) is 0 Å². The molecule has 1 heterocycles. The number of benzene rings is 3. The minimum atomic E-state index is -0.162. The number of ether oxygens (including phenoxy) is 2. The molecule has 0 aliphatic carbocycles. The number of amides is 1. The van der Waals surface area contributed by atoms with Crippen molar-refractivity contribution < 1.29 is 19.1 Å². The van der Waals surface area contributed by atoms with Gasteiger partial charge in [-0.25, -0.2) is 4.98 Å². The molecule has 0 fully saturated rings. The Bertz CT molecular complexity index is 1320. The number of methoxy groups -OCH3 is 2. The molecule has 0 N–H and O–H groups in total. The van der Waals surface area contributed by atoms with Crippen molar-refractivity contribution in [3.05, 3.63) is 83.4 Å². The van der Waals surface area contributed by atoms with E-state index in [0.717, 1.165) is 23.2 Å². The normalized spacial score (nSPS) is 10.7. The van der Waals surface area contributed by atoms with Gasteiger partial charge in [0.25, 0.3) is 5.91 Å². The van der Waals surface area contributed by atoms with Gasteiger partial charge in [-0.3, -0.25) is 14.5 Å². The molecule has 9 heteroatoms. The molecule has 0 atom stereocenters. The van der Waals surface area contributed by atoms with Crippen molar-refractivity contribution in [3.8, 4) is 11.5 Å². The van der Waals surface area contributed by atoms with E-state index in [2.05, 4.69) is 4.90 Å². The Balaban J connectivity index is 0.00000380. The molecule has 0 bridgehead atoms. The van der Waals surface area contributed by atoms with E-state index < -0.39 is 0 Å². The van der Waals surface area contributed by atoms with Crippen LogP contribution in [0.15, 0.2) is 66.7 Å². The number of halogens is 1. The van der Waals surface area contributed by atoms with Crippen molar-refractivity contribution >= 4 is 50.8 Å². The molecule has 0 saturated heterocycles. The molecule has 0 unspecified atom stereocenters. The Morgan fingerprint density at radius 3 is 2.05 bits per heavy atom. The average molecular weight is 540 g/mol. The zero-order valence-corrected chi connectivity index (χ0v) is 22.9. The summed E-state index contributed by atoms with van der Waals surface area (Å²) in [7, 11) is 7.19. The van der Waals surface area contributed by atoms with Gasteiger partial charge in [-0.15, -0.1) is 12.4 Å². The van der Waals surface area contributed by atoms with Gasteiger partial charge in [-0.1, -0.05) is 53.8 Å². The first-order valence-corrected chi connectivity index (χ1v) is 12.4. The third-order valence-electron chi connectivity index (χ3n) is 5.78. The molecule has 7 nitrogen and oxygen atoms in total. The summed E-state index contributed by atoms with van der Waals surface area (Å²) < 4.78 is 11.7. The van der Waals surface area contributed by atoms with Crippen molar-refractivity contribution in [3.63, 3.8) is 0 Å². The predicted octanol–water partition coefficient (Wildman–Crippen LogP) is 5.56. The van der Waals surface area contributed by atoms with Crippen molar-refractivity contribution in [1.82, 2.24) is 9.88 Å². The van der Waals surface area contributed by atoms with Gasteiger partial charge in [-0.05, 0) is 39.2 Å². The first-order valence-electron chi connectivity index (χ1n) is 11.6. The molecule has 0 spiro atoms. The first kappa shape index (κ1) is 28.1. The van der Waals surface area contributed by atoms with Gasteiger partial charge in [-0.2, -0.15) is 0 Å². The molecule has 1 amide bonds. The molecule has 37 heavy (non-hydrogen) atoms. The number of rotatable bonds is 10. The van der Waals surface area contributed by atoms with Crippen LogP contribution in [0.1, 0.15) is 32.7 Å². The van der Waals surface area contributed by atoms with E-state index in [1.165, 1.54) is 11.3 Å². The standard InChI is InChI=1S/C28H29N3O4S.ClH/c1-30(2)15-8-16-31(28-29-22-17-23(34-3)24(35-4)18-25(22)36-28)27(33)21-13-11-20(12-14-21)26(32)19-9-6-5-7-10-19;/h5-7,9-14,17-18H,8,15-16H2,1-4H3;1H. The van der Waals surface area contributed by atoms with Crippen LogP contribution in [-0.4, -0.2) is 63.0 Å². The van der Waals surface area contributed by atoms with Crippen molar-refractivity contribution in [2.75, 3.05) is 46.3 Å². The molecule has 194 valence electrons. The quantitative estimate of drug-likeness (QED) is 0.245. The molecule has 0 radical (unpaired) electrons. The van der Waals surface area contributed by atoms with Gasteiger partial charge in [0.1, 0.15) is 0 Å². The van der Waals surface area contributed by atoms with Gasteiger partial charge in [0, 0.05) is 35.4 Å². The fourth-order valence-electron chi connectivity index (χ4n) is 3.86. The van der Waals surface area contributed by atoms with E-state index >= 15 is 0 Å². The third-order valence-corrected chi connectivity index (χ3v) is 6.82. The predicted molar refractivity (Wildman–Crippen MR) is 151 cm³/mol. The fourth-order valence-corrected chi connectivity index (χ4v) is 4.86. The fraction of sp³-hybridized carbons (Fsp3) is 0.250. The lowest BCUT2D eigenvalue weighted by atomic mass is 10.0. The van der Waals surface area contributed by atoms with E-state index in [1.54, 1.807) is 55.5 Å². The number of fused-ring (bicyclic) bond motifs is 1. The first-order chi connectivity index (χ1) is 17.4. The van der Waals surface area contributed by atoms with Gasteiger partial charge in [0.05, 0.1) is 24.4 Å². The number of nitrogens with zero attached hydrogens (tertiary/aromatic N) is 3. The second-order valence-corrected chi connectivity index (χ2v) is 9.57. The van der Waals surface area contributed by atoms with Crippen LogP contribution in [0.4, 0.5) is 5.13 Å². The molecule has 3 aromatic carbocycles. The summed E-state index contributed by atoms with van der Waals surface area (Å²) in [6.07, 6.45) is 0.784. The maximum absolute atomic E-state index is 13.6. The Morgan fingerprint density at radius 1 is 0.838 bits per heavy atom. The monoisotopic (exact) mass is 539 g/mol. The molecule has 4 aromatic rings. The highest BCUT2D eigenvalue weighted by molar-refractivity contribution is 7.22. The molecule has 1 aromatic heterocycles. The van der Waals surface area contributed by atoms with E-state index in [1.807, 2.05) is 44.4 Å². The van der Waals surface area contributed by atoms with Gasteiger partial charge in [0.15, 0.2) is 22.4 Å². The number of carbonyl (C=O) groups is 2. The Labute approximate surface area is 227 Å². The number of aromatic nitrogens is 1. The summed E-state index contributed by atoms with van der Waals surface area (Å²) in [5.41, 5.74) is 2.39. The van der Waals surface area contributed by atoms with Crippen LogP contribution in [0.3, 0.4) is 0 Å². The zero-order valence-electron chi connectivity index (χ0n) is 21.3. The lowest BCUT2D eigenvalue weighted by Crippen LogP contribution is -2.33. The molecule has 0 saturated carbocycles. The number of thiazole rings is 1. The number of hydrogen-bond donors (Lipinski definition) is 0. The smallest absolute Gasteiger partial charge is 0.260 e. The van der Waals surface area contributed by atoms with Crippen LogP contribution >= 0.6 is 23.7 Å². The lowest BCUT2D eigenvalue weighted by molar-refractivity contribution is 0.0983. The largest absolute Gasteiger partial charge is 0.493 e. The second-order valence-electron chi connectivity index (χ2n) is 8.56. The lowest BCUT2D eigenvalue weighted by Gasteiger charge is -2.21. The maximum atomic E-state index is 13.6. The number of carbonyl (C=O) groups excluding carboxylic acids is 2. The van der Waals surface area contributed by atoms with E-state index in [-0.39, 0.29) is 24.1 Å². The van der Waals surface area contributed by atoms with Crippen LogP contribution in [-0.2, 0) is 0 Å². The highest BCUT2D eigenvalue weighted by atomic mass is 35.5. The van der Waals surface area contributed by atoms with E-state index in [0.29, 0.717) is 39.9 Å². The Hall–Kier alpha value is -3.46. The minimum absolute atomic E-state index is 0. The van der Waals surface area contributed by atoms with Crippen molar-refractivity contribution in [2.45, 2.75) is 6.42 Å². The number of anilines is 1. The molecular weight excluding hydrogens is 510 g/mol. The summed E-state index contributed by atoms with van der Waals surface area (Å²) in [4.78, 5) is 34.9. The number of ketones is 1. The summed E-state index contributed by atoms with van der Waals surface area (Å²) in [6, 6.07) is 19.6. The highest BCUT2D eigenvalue weighted by Crippen LogP contribution is 2.37. The Morgan fingerprint density at radius 2 is 1.43 bits per heavy atom. The minimum Gasteiger partial charge on any atom is -0.493 e. The second kappa shape index (κ2) is 12.7. The third kappa shape index (κ3) is 6.46.